The molecule has 18 heavy (non-hydrogen) atoms. The lowest BCUT2D eigenvalue weighted by molar-refractivity contribution is -0.275. The average Bonchev–Trinajstić information content (AvgIpc) is 2.17. The summed E-state index contributed by atoms with van der Waals surface area (Å²) in [5, 5.41) is 0. The van der Waals surface area contributed by atoms with Crippen molar-refractivity contribution < 1.29 is 31.1 Å². The van der Waals surface area contributed by atoms with Crippen LogP contribution in [-0.4, -0.2) is 11.3 Å². The molecule has 0 fully saturated rings. The van der Waals surface area contributed by atoms with Crippen LogP contribution in [0.4, 0.5) is 26.3 Å². The van der Waals surface area contributed by atoms with Crippen molar-refractivity contribution in [3.8, 4) is 5.75 Å². The number of rotatable bonds is 2. The molecule has 0 spiro atoms. The molecule has 0 radical (unpaired) electrons. The van der Waals surface area contributed by atoms with Crippen molar-refractivity contribution in [3.63, 3.8) is 0 Å². The van der Waals surface area contributed by atoms with E-state index in [1.807, 2.05) is 0 Å². The molecule has 0 aliphatic rings. The number of alkyl halides is 7. The van der Waals surface area contributed by atoms with E-state index in [2.05, 4.69) is 4.74 Å². The molecule has 0 atom stereocenters. The first-order valence-electron chi connectivity index (χ1n) is 4.19. The number of nitrogens with one attached hydrogen (secondary N) is 1. The third kappa shape index (κ3) is 3.31. The Morgan fingerprint density at radius 1 is 1.22 bits per heavy atom. The summed E-state index contributed by atoms with van der Waals surface area (Å²) in [6.45, 7) is 0. The second-order valence-corrected chi connectivity index (χ2v) is 3.29. The van der Waals surface area contributed by atoms with Crippen LogP contribution in [0.15, 0.2) is 11.0 Å². The van der Waals surface area contributed by atoms with Gasteiger partial charge in [0.15, 0.2) is 5.75 Å². The summed E-state index contributed by atoms with van der Waals surface area (Å²) in [6, 6.07) is 0. The molecule has 0 unspecified atom stereocenters. The number of aromatic nitrogens is 1. The zero-order chi connectivity index (χ0) is 14.1. The van der Waals surface area contributed by atoms with E-state index in [-0.39, 0.29) is 6.20 Å². The summed E-state index contributed by atoms with van der Waals surface area (Å²) in [6.07, 6.45) is -10.0. The highest BCUT2D eigenvalue weighted by Crippen LogP contribution is 2.36. The molecule has 0 aliphatic heterocycles. The molecule has 1 N–H and O–H groups in total. The summed E-state index contributed by atoms with van der Waals surface area (Å²) >= 11 is 5.14. The van der Waals surface area contributed by atoms with Crippen molar-refractivity contribution >= 4 is 11.6 Å². The molecule has 102 valence electrons. The first kappa shape index (κ1) is 14.7. The Hall–Kier alpha value is -1.38. The second-order valence-electron chi connectivity index (χ2n) is 3.02. The quantitative estimate of drug-likeness (QED) is 0.673. The predicted molar refractivity (Wildman–Crippen MR) is 48.3 cm³/mol. The van der Waals surface area contributed by atoms with Crippen LogP contribution in [-0.2, 0) is 12.1 Å². The third-order valence-corrected chi connectivity index (χ3v) is 2.08. The molecule has 1 aromatic rings. The lowest BCUT2D eigenvalue weighted by Gasteiger charge is -2.15. The van der Waals surface area contributed by atoms with Crippen LogP contribution >= 0.6 is 11.6 Å². The van der Waals surface area contributed by atoms with Gasteiger partial charge in [-0.2, -0.15) is 13.2 Å². The van der Waals surface area contributed by atoms with Crippen molar-refractivity contribution in [2.75, 3.05) is 0 Å². The van der Waals surface area contributed by atoms with Crippen molar-refractivity contribution in [2.24, 2.45) is 0 Å². The van der Waals surface area contributed by atoms with Gasteiger partial charge in [0.05, 0.1) is 11.4 Å². The smallest absolute Gasteiger partial charge is 0.400 e. The van der Waals surface area contributed by atoms with Crippen LogP contribution < -0.4 is 10.3 Å². The zero-order valence-electron chi connectivity index (χ0n) is 8.25. The molecule has 0 aliphatic carbocycles. The Morgan fingerprint density at radius 2 is 1.78 bits per heavy atom. The highest BCUT2D eigenvalue weighted by atomic mass is 35.5. The van der Waals surface area contributed by atoms with E-state index in [1.165, 1.54) is 4.98 Å². The van der Waals surface area contributed by atoms with Gasteiger partial charge in [0.1, 0.15) is 0 Å². The van der Waals surface area contributed by atoms with E-state index < -0.39 is 40.9 Å². The molecular weight excluding hydrogens is 292 g/mol. The van der Waals surface area contributed by atoms with Gasteiger partial charge in [0, 0.05) is 11.8 Å². The van der Waals surface area contributed by atoms with Gasteiger partial charge in [-0.1, -0.05) is 0 Å². The maximum Gasteiger partial charge on any atom is 0.573 e. The molecule has 0 amide bonds. The van der Waals surface area contributed by atoms with Gasteiger partial charge in [-0.15, -0.1) is 24.8 Å². The van der Waals surface area contributed by atoms with Crippen LogP contribution in [0, 0.1) is 0 Å². The Balaban J connectivity index is 3.45. The normalized spacial score (nSPS) is 12.6. The number of hydrogen-bond acceptors (Lipinski definition) is 2. The fourth-order valence-electron chi connectivity index (χ4n) is 1.16. The van der Waals surface area contributed by atoms with E-state index in [1.54, 1.807) is 0 Å². The second kappa shape index (κ2) is 4.71. The molecule has 0 saturated carbocycles. The van der Waals surface area contributed by atoms with Crippen molar-refractivity contribution in [3.05, 3.63) is 27.7 Å². The van der Waals surface area contributed by atoms with E-state index in [0.29, 0.717) is 0 Å². The maximum absolute atomic E-state index is 12.5. The molecule has 0 saturated heterocycles. The molecule has 10 heteroatoms. The monoisotopic (exact) mass is 295 g/mol. The molecule has 1 heterocycles. The van der Waals surface area contributed by atoms with Crippen molar-refractivity contribution in [1.82, 2.24) is 4.98 Å². The fourth-order valence-corrected chi connectivity index (χ4v) is 1.42. The standard InChI is InChI=1S/C8H4ClF6NO2/c9-1-3-4(7(10,11)12)2-16-6(17)5(3)18-8(13,14)15/h2H,1H2,(H,16,17). The molecule has 1 aromatic heterocycles. The summed E-state index contributed by atoms with van der Waals surface area (Å²) in [5.41, 5.74) is -4.00. The first-order valence-corrected chi connectivity index (χ1v) is 4.73. The van der Waals surface area contributed by atoms with Crippen LogP contribution in [0.3, 0.4) is 0 Å². The Labute approximate surface area is 100 Å². The highest BCUT2D eigenvalue weighted by Gasteiger charge is 2.39. The molecule has 0 aromatic carbocycles. The zero-order valence-corrected chi connectivity index (χ0v) is 9.00. The summed E-state index contributed by atoms with van der Waals surface area (Å²) in [5.74, 6) is -2.46. The number of aromatic amines is 1. The van der Waals surface area contributed by atoms with Crippen LogP contribution in [0.5, 0.6) is 5.75 Å². The molecule has 3 nitrogen and oxygen atoms in total. The summed E-state index contributed by atoms with van der Waals surface area (Å²) in [4.78, 5) is 12.6. The molecule has 1 rings (SSSR count). The number of ether oxygens (including phenoxy) is 1. The Bertz CT molecular complexity index is 492. The van der Waals surface area contributed by atoms with Gasteiger partial charge < -0.3 is 9.72 Å². The van der Waals surface area contributed by atoms with Gasteiger partial charge in [0.25, 0.3) is 5.56 Å². The maximum atomic E-state index is 12.5. The predicted octanol–water partition coefficient (Wildman–Crippen LogP) is 3.03. The lowest BCUT2D eigenvalue weighted by atomic mass is 10.1. The van der Waals surface area contributed by atoms with E-state index in [9.17, 15) is 31.1 Å². The van der Waals surface area contributed by atoms with Gasteiger partial charge in [-0.25, -0.2) is 0 Å². The topological polar surface area (TPSA) is 42.1 Å². The third-order valence-electron chi connectivity index (χ3n) is 1.81. The number of halogens is 7. The minimum Gasteiger partial charge on any atom is -0.400 e. The fraction of sp³-hybridized carbons (Fsp3) is 0.375. The van der Waals surface area contributed by atoms with Crippen LogP contribution in [0.2, 0.25) is 0 Å². The molecule has 0 bridgehead atoms. The van der Waals surface area contributed by atoms with Crippen molar-refractivity contribution in [2.45, 2.75) is 18.4 Å². The van der Waals surface area contributed by atoms with Gasteiger partial charge in [-0.3, -0.25) is 4.79 Å². The van der Waals surface area contributed by atoms with Gasteiger partial charge >= 0.3 is 12.5 Å². The number of pyridine rings is 1. The SMILES string of the molecule is O=c1[nH]cc(C(F)(F)F)c(CCl)c1OC(F)(F)F. The minimum atomic E-state index is -5.29. The van der Waals surface area contributed by atoms with E-state index in [4.69, 9.17) is 11.6 Å². The number of hydrogen-bond donors (Lipinski definition) is 1. The largest absolute Gasteiger partial charge is 0.573 e. The van der Waals surface area contributed by atoms with Crippen LogP contribution in [0.1, 0.15) is 11.1 Å². The first-order chi connectivity index (χ1) is 8.06. The minimum absolute atomic E-state index is 0.239. The summed E-state index contributed by atoms with van der Waals surface area (Å²) in [7, 11) is 0. The lowest BCUT2D eigenvalue weighted by Crippen LogP contribution is -2.26. The van der Waals surface area contributed by atoms with Crippen molar-refractivity contribution in [1.29, 1.82) is 0 Å². The van der Waals surface area contributed by atoms with Gasteiger partial charge in [0.2, 0.25) is 0 Å². The van der Waals surface area contributed by atoms with E-state index >= 15 is 0 Å². The highest BCUT2D eigenvalue weighted by molar-refractivity contribution is 6.17. The molecular formula is C8H4ClF6NO2. The average molecular weight is 296 g/mol. The summed E-state index contributed by atoms with van der Waals surface area (Å²) < 4.78 is 76.5. The van der Waals surface area contributed by atoms with Gasteiger partial charge in [-0.05, 0) is 0 Å². The Kier molecular flexibility index (Phi) is 3.84. The van der Waals surface area contributed by atoms with Crippen LogP contribution in [0.25, 0.3) is 0 Å². The number of H-pyrrole nitrogens is 1. The Morgan fingerprint density at radius 3 is 2.17 bits per heavy atom. The van der Waals surface area contributed by atoms with E-state index in [0.717, 1.165) is 0 Å².